The van der Waals surface area contributed by atoms with Gasteiger partial charge < -0.3 is 19.5 Å². The molecule has 0 saturated heterocycles. The average Bonchev–Trinajstić information content (AvgIpc) is 2.42. The van der Waals surface area contributed by atoms with Gasteiger partial charge in [0, 0.05) is 19.2 Å². The average molecular weight is 265 g/mol. The maximum atomic E-state index is 10.7. The van der Waals surface area contributed by atoms with E-state index < -0.39 is 5.97 Å². The van der Waals surface area contributed by atoms with E-state index in [1.54, 1.807) is 26.4 Å². The Morgan fingerprint density at radius 1 is 1.42 bits per heavy atom. The number of anilines is 1. The van der Waals surface area contributed by atoms with E-state index in [1.165, 1.54) is 0 Å². The van der Waals surface area contributed by atoms with E-state index in [9.17, 15) is 4.79 Å². The zero-order chi connectivity index (χ0) is 14.3. The van der Waals surface area contributed by atoms with Crippen LogP contribution in [0.4, 0.5) is 5.69 Å². The highest BCUT2D eigenvalue weighted by Crippen LogP contribution is 2.32. The van der Waals surface area contributed by atoms with Crippen molar-refractivity contribution in [2.45, 2.75) is 6.42 Å². The van der Waals surface area contributed by atoms with Crippen LogP contribution in [0, 0.1) is 0 Å². The third-order valence-electron chi connectivity index (χ3n) is 2.67. The molecule has 5 nitrogen and oxygen atoms in total. The summed E-state index contributed by atoms with van der Waals surface area (Å²) in [5, 5.41) is 8.78. The van der Waals surface area contributed by atoms with Crippen LogP contribution in [0.3, 0.4) is 0 Å². The first kappa shape index (κ1) is 14.9. The molecule has 0 aromatic heterocycles. The standard InChI is InChI=1S/C14H19NO4/c1-4-8-15(9-7-14(16)17)12-6-5-11(18-2)10-13(12)19-3/h4-6,10H,1,7-9H2,2-3H3,(H,16,17). The number of nitrogens with zero attached hydrogens (tertiary/aromatic N) is 1. The van der Waals surface area contributed by atoms with Crippen LogP contribution < -0.4 is 14.4 Å². The van der Waals surface area contributed by atoms with Gasteiger partial charge in [0.05, 0.1) is 26.3 Å². The summed E-state index contributed by atoms with van der Waals surface area (Å²) in [7, 11) is 3.15. The third kappa shape index (κ3) is 4.21. The number of ether oxygens (including phenoxy) is 2. The second-order valence-corrected chi connectivity index (χ2v) is 3.92. The summed E-state index contributed by atoms with van der Waals surface area (Å²) in [6.07, 6.45) is 1.79. The van der Waals surface area contributed by atoms with E-state index in [0.29, 0.717) is 24.6 Å². The molecule has 0 fully saturated rings. The Hall–Kier alpha value is -2.17. The molecule has 0 atom stereocenters. The fourth-order valence-electron chi connectivity index (χ4n) is 1.74. The van der Waals surface area contributed by atoms with Crippen LogP contribution >= 0.6 is 0 Å². The van der Waals surface area contributed by atoms with Crippen LogP contribution in [0.15, 0.2) is 30.9 Å². The molecule has 1 N–H and O–H groups in total. The van der Waals surface area contributed by atoms with Crippen molar-refractivity contribution in [1.29, 1.82) is 0 Å². The number of hydrogen-bond donors (Lipinski definition) is 1. The molecule has 0 amide bonds. The summed E-state index contributed by atoms with van der Waals surface area (Å²) in [4.78, 5) is 12.6. The Kier molecular flexibility index (Phi) is 5.73. The van der Waals surface area contributed by atoms with Gasteiger partial charge in [-0.15, -0.1) is 6.58 Å². The first-order chi connectivity index (χ1) is 9.12. The molecule has 5 heteroatoms. The SMILES string of the molecule is C=CCN(CCC(=O)O)c1ccc(OC)cc1OC. The van der Waals surface area contributed by atoms with Crippen molar-refractivity contribution < 1.29 is 19.4 Å². The molecule has 0 aliphatic rings. The van der Waals surface area contributed by atoms with Gasteiger partial charge in [-0.05, 0) is 12.1 Å². The van der Waals surface area contributed by atoms with Crippen LogP contribution in [-0.2, 0) is 4.79 Å². The number of carbonyl (C=O) groups is 1. The van der Waals surface area contributed by atoms with Crippen molar-refractivity contribution in [2.24, 2.45) is 0 Å². The molecule has 0 unspecified atom stereocenters. The molecule has 0 radical (unpaired) electrons. The van der Waals surface area contributed by atoms with Gasteiger partial charge in [-0.25, -0.2) is 0 Å². The van der Waals surface area contributed by atoms with Crippen LogP contribution in [0.5, 0.6) is 11.5 Å². The van der Waals surface area contributed by atoms with Crippen molar-refractivity contribution in [3.63, 3.8) is 0 Å². The maximum Gasteiger partial charge on any atom is 0.305 e. The van der Waals surface area contributed by atoms with Crippen molar-refractivity contribution >= 4 is 11.7 Å². The van der Waals surface area contributed by atoms with Gasteiger partial charge in [0.25, 0.3) is 0 Å². The second-order valence-electron chi connectivity index (χ2n) is 3.92. The van der Waals surface area contributed by atoms with Gasteiger partial charge in [0.1, 0.15) is 11.5 Å². The van der Waals surface area contributed by atoms with E-state index in [-0.39, 0.29) is 6.42 Å². The topological polar surface area (TPSA) is 59.0 Å². The smallest absolute Gasteiger partial charge is 0.305 e. The summed E-state index contributed by atoms with van der Waals surface area (Å²) in [6, 6.07) is 5.43. The molecule has 1 aromatic carbocycles. The quantitative estimate of drug-likeness (QED) is 0.730. The summed E-state index contributed by atoms with van der Waals surface area (Å²) in [6.45, 7) is 4.63. The number of methoxy groups -OCH3 is 2. The highest BCUT2D eigenvalue weighted by atomic mass is 16.5. The number of hydrogen-bond acceptors (Lipinski definition) is 4. The fraction of sp³-hybridized carbons (Fsp3) is 0.357. The molecule has 0 spiro atoms. The molecule has 0 aliphatic carbocycles. The van der Waals surface area contributed by atoms with Crippen LogP contribution in [0.1, 0.15) is 6.42 Å². The molecule has 1 rings (SSSR count). The van der Waals surface area contributed by atoms with Crippen LogP contribution in [0.25, 0.3) is 0 Å². The molecule has 1 aromatic rings. The minimum Gasteiger partial charge on any atom is -0.497 e. The first-order valence-electron chi connectivity index (χ1n) is 5.92. The van der Waals surface area contributed by atoms with Gasteiger partial charge in [0.15, 0.2) is 0 Å². The van der Waals surface area contributed by atoms with E-state index in [2.05, 4.69) is 6.58 Å². The number of rotatable bonds is 8. The fourth-order valence-corrected chi connectivity index (χ4v) is 1.74. The molecule has 0 bridgehead atoms. The molecule has 0 aliphatic heterocycles. The lowest BCUT2D eigenvalue weighted by Crippen LogP contribution is -2.26. The molecule has 0 saturated carbocycles. The number of benzene rings is 1. The van der Waals surface area contributed by atoms with Gasteiger partial charge in [-0.2, -0.15) is 0 Å². The Balaban J connectivity index is 2.99. The highest BCUT2D eigenvalue weighted by molar-refractivity contribution is 5.68. The van der Waals surface area contributed by atoms with Crippen molar-refractivity contribution in [3.05, 3.63) is 30.9 Å². The van der Waals surface area contributed by atoms with Gasteiger partial charge in [-0.3, -0.25) is 4.79 Å². The lowest BCUT2D eigenvalue weighted by atomic mass is 10.2. The zero-order valence-electron chi connectivity index (χ0n) is 11.3. The Morgan fingerprint density at radius 2 is 2.16 bits per heavy atom. The lowest BCUT2D eigenvalue weighted by molar-refractivity contribution is -0.136. The van der Waals surface area contributed by atoms with E-state index >= 15 is 0 Å². The minimum atomic E-state index is -0.832. The Labute approximate surface area is 113 Å². The van der Waals surface area contributed by atoms with Crippen molar-refractivity contribution in [2.75, 3.05) is 32.2 Å². The minimum absolute atomic E-state index is 0.0586. The van der Waals surface area contributed by atoms with Crippen molar-refractivity contribution in [3.8, 4) is 11.5 Å². The van der Waals surface area contributed by atoms with Crippen molar-refractivity contribution in [1.82, 2.24) is 0 Å². The summed E-state index contributed by atoms with van der Waals surface area (Å²) >= 11 is 0. The van der Waals surface area contributed by atoms with E-state index in [0.717, 1.165) is 5.69 Å². The molecule has 19 heavy (non-hydrogen) atoms. The lowest BCUT2D eigenvalue weighted by Gasteiger charge is -2.24. The van der Waals surface area contributed by atoms with E-state index in [4.69, 9.17) is 14.6 Å². The molecule has 104 valence electrons. The van der Waals surface area contributed by atoms with Crippen LogP contribution in [-0.4, -0.2) is 38.4 Å². The molecular weight excluding hydrogens is 246 g/mol. The summed E-state index contributed by atoms with van der Waals surface area (Å²) < 4.78 is 10.5. The summed E-state index contributed by atoms with van der Waals surface area (Å²) in [5.41, 5.74) is 0.824. The predicted molar refractivity (Wildman–Crippen MR) is 74.2 cm³/mol. The zero-order valence-corrected chi connectivity index (χ0v) is 11.3. The highest BCUT2D eigenvalue weighted by Gasteiger charge is 2.13. The van der Waals surface area contributed by atoms with Gasteiger partial charge in [-0.1, -0.05) is 6.08 Å². The Bertz CT molecular complexity index is 445. The first-order valence-corrected chi connectivity index (χ1v) is 5.92. The van der Waals surface area contributed by atoms with Gasteiger partial charge in [0.2, 0.25) is 0 Å². The largest absolute Gasteiger partial charge is 0.497 e. The number of carboxylic acid groups (broad SMARTS) is 1. The predicted octanol–water partition coefficient (Wildman–Crippen LogP) is 2.17. The normalized spacial score (nSPS) is 9.79. The molecular formula is C14H19NO4. The van der Waals surface area contributed by atoms with E-state index in [1.807, 2.05) is 17.0 Å². The molecule has 0 heterocycles. The number of carboxylic acids is 1. The second kappa shape index (κ2) is 7.31. The maximum absolute atomic E-state index is 10.7. The van der Waals surface area contributed by atoms with Crippen LogP contribution in [0.2, 0.25) is 0 Å². The summed E-state index contributed by atoms with van der Waals surface area (Å²) in [5.74, 6) is 0.505. The van der Waals surface area contributed by atoms with Gasteiger partial charge >= 0.3 is 5.97 Å². The number of aliphatic carboxylic acids is 1. The monoisotopic (exact) mass is 265 g/mol. The third-order valence-corrected chi connectivity index (χ3v) is 2.67. The Morgan fingerprint density at radius 3 is 2.68 bits per heavy atom.